The lowest BCUT2D eigenvalue weighted by molar-refractivity contribution is -0.146. The van der Waals surface area contributed by atoms with E-state index in [2.05, 4.69) is 29.2 Å². The van der Waals surface area contributed by atoms with Crippen molar-refractivity contribution in [3.63, 3.8) is 0 Å². The summed E-state index contributed by atoms with van der Waals surface area (Å²) in [5.74, 6) is -0.438. The molecule has 1 spiro atoms. The lowest BCUT2D eigenvalue weighted by atomic mass is 9.90. The van der Waals surface area contributed by atoms with Crippen molar-refractivity contribution < 1.29 is 13.9 Å². The molecular weight excluding hydrogens is 331 g/mol. The van der Waals surface area contributed by atoms with Crippen molar-refractivity contribution in [3.05, 3.63) is 66.0 Å². The van der Waals surface area contributed by atoms with E-state index in [0.717, 1.165) is 32.5 Å². The molecule has 2 aliphatic rings. The summed E-state index contributed by atoms with van der Waals surface area (Å²) in [7, 11) is 0. The third-order valence-electron chi connectivity index (χ3n) is 5.24. The minimum atomic E-state index is -0.382. The number of anilines is 1. The van der Waals surface area contributed by atoms with E-state index in [9.17, 15) is 9.18 Å². The first kappa shape index (κ1) is 17.2. The van der Waals surface area contributed by atoms with Gasteiger partial charge in [0.1, 0.15) is 12.4 Å². The van der Waals surface area contributed by atoms with Gasteiger partial charge in [0.15, 0.2) is 0 Å². The van der Waals surface area contributed by atoms with E-state index in [0.29, 0.717) is 12.2 Å². The van der Waals surface area contributed by atoms with Gasteiger partial charge in [0.05, 0.1) is 12.1 Å². The minimum Gasteiger partial charge on any atom is -0.362 e. The summed E-state index contributed by atoms with van der Waals surface area (Å²) in [6.07, 6.45) is 1.94. The Morgan fingerprint density at radius 1 is 1.08 bits per heavy atom. The van der Waals surface area contributed by atoms with E-state index in [1.165, 1.54) is 17.7 Å². The predicted molar refractivity (Wildman–Crippen MR) is 98.4 cm³/mol. The van der Waals surface area contributed by atoms with Gasteiger partial charge < -0.3 is 9.64 Å². The van der Waals surface area contributed by atoms with E-state index in [-0.39, 0.29) is 23.9 Å². The summed E-state index contributed by atoms with van der Waals surface area (Å²) < 4.78 is 19.7. The van der Waals surface area contributed by atoms with E-state index < -0.39 is 0 Å². The highest BCUT2D eigenvalue weighted by atomic mass is 19.1. The van der Waals surface area contributed by atoms with E-state index in [4.69, 9.17) is 4.74 Å². The molecule has 1 amide bonds. The van der Waals surface area contributed by atoms with Crippen LogP contribution in [0.1, 0.15) is 18.4 Å². The van der Waals surface area contributed by atoms with Gasteiger partial charge in [0, 0.05) is 18.8 Å². The first-order chi connectivity index (χ1) is 12.6. The number of carbonyl (C=O) groups excluding carboxylic acids is 1. The van der Waals surface area contributed by atoms with Crippen LogP contribution >= 0.6 is 0 Å². The van der Waals surface area contributed by atoms with Crippen molar-refractivity contribution in [2.45, 2.75) is 25.0 Å². The molecule has 4 nitrogen and oxygen atoms in total. The Morgan fingerprint density at radius 2 is 1.92 bits per heavy atom. The molecule has 2 aliphatic heterocycles. The zero-order valence-corrected chi connectivity index (χ0v) is 14.7. The average molecular weight is 354 g/mol. The Balaban J connectivity index is 1.51. The molecular formula is C21H23FN2O2. The van der Waals surface area contributed by atoms with Gasteiger partial charge in [-0.1, -0.05) is 36.4 Å². The SMILES string of the molecule is O=C1COC2(CCCN(Cc3ccccc3)C2)CN1c1cccc(F)c1. The molecule has 0 saturated carbocycles. The molecule has 2 heterocycles. The van der Waals surface area contributed by atoms with Gasteiger partial charge in [-0.15, -0.1) is 0 Å². The molecule has 0 bridgehead atoms. The molecule has 0 radical (unpaired) electrons. The fraction of sp³-hybridized carbons (Fsp3) is 0.381. The van der Waals surface area contributed by atoms with Gasteiger partial charge in [-0.3, -0.25) is 9.69 Å². The maximum Gasteiger partial charge on any atom is 0.253 e. The molecule has 0 aliphatic carbocycles. The zero-order valence-electron chi connectivity index (χ0n) is 14.7. The molecule has 1 atom stereocenters. The smallest absolute Gasteiger partial charge is 0.253 e. The summed E-state index contributed by atoms with van der Waals surface area (Å²) in [6.45, 7) is 3.20. The highest BCUT2D eigenvalue weighted by Gasteiger charge is 2.43. The van der Waals surface area contributed by atoms with Crippen LogP contribution in [0.2, 0.25) is 0 Å². The van der Waals surface area contributed by atoms with Crippen molar-refractivity contribution in [2.24, 2.45) is 0 Å². The third kappa shape index (κ3) is 3.64. The van der Waals surface area contributed by atoms with Crippen LogP contribution in [0.4, 0.5) is 10.1 Å². The number of amides is 1. The summed E-state index contributed by atoms with van der Waals surface area (Å²) in [6, 6.07) is 16.6. The summed E-state index contributed by atoms with van der Waals surface area (Å²) in [5, 5.41) is 0. The number of piperidine rings is 1. The number of morpholine rings is 1. The number of nitrogens with zero attached hydrogens (tertiary/aromatic N) is 2. The van der Waals surface area contributed by atoms with Crippen molar-refractivity contribution >= 4 is 11.6 Å². The van der Waals surface area contributed by atoms with Gasteiger partial charge >= 0.3 is 0 Å². The third-order valence-corrected chi connectivity index (χ3v) is 5.24. The lowest BCUT2D eigenvalue weighted by Crippen LogP contribution is -2.61. The van der Waals surface area contributed by atoms with Gasteiger partial charge in [0.25, 0.3) is 5.91 Å². The Labute approximate surface area is 153 Å². The molecule has 136 valence electrons. The van der Waals surface area contributed by atoms with Crippen LogP contribution in [0.25, 0.3) is 0 Å². The monoisotopic (exact) mass is 354 g/mol. The normalized spacial score (nSPS) is 24.2. The Kier molecular flexibility index (Phi) is 4.74. The molecule has 1 unspecified atom stereocenters. The van der Waals surface area contributed by atoms with Gasteiger partial charge in [-0.05, 0) is 43.1 Å². The highest BCUT2D eigenvalue weighted by molar-refractivity contribution is 5.95. The average Bonchev–Trinajstić information content (AvgIpc) is 2.65. The van der Waals surface area contributed by atoms with Crippen LogP contribution in [0.5, 0.6) is 0 Å². The maximum absolute atomic E-state index is 13.6. The largest absolute Gasteiger partial charge is 0.362 e. The summed E-state index contributed by atoms with van der Waals surface area (Å²) in [5.41, 5.74) is 1.50. The standard InChI is InChI=1S/C21H23FN2O2/c22-18-8-4-9-19(12-18)24-16-21(26-14-20(24)25)10-5-11-23(15-21)13-17-6-2-1-3-7-17/h1-4,6-9,12H,5,10-11,13-16H2. The maximum atomic E-state index is 13.6. The summed E-state index contributed by atoms with van der Waals surface area (Å²) in [4.78, 5) is 16.4. The second-order valence-corrected chi connectivity index (χ2v) is 7.23. The molecule has 2 fully saturated rings. The zero-order chi connectivity index (χ0) is 18.0. The number of rotatable bonds is 3. The first-order valence-electron chi connectivity index (χ1n) is 9.10. The Morgan fingerprint density at radius 3 is 2.73 bits per heavy atom. The molecule has 4 rings (SSSR count). The van der Waals surface area contributed by atoms with Crippen LogP contribution in [0.3, 0.4) is 0 Å². The second-order valence-electron chi connectivity index (χ2n) is 7.23. The lowest BCUT2D eigenvalue weighted by Gasteiger charge is -2.47. The van der Waals surface area contributed by atoms with Crippen molar-refractivity contribution in [2.75, 3.05) is 31.1 Å². The number of likely N-dealkylation sites (tertiary alicyclic amines) is 1. The van der Waals surface area contributed by atoms with E-state index in [1.54, 1.807) is 17.0 Å². The number of ether oxygens (including phenoxy) is 1. The molecule has 0 aromatic heterocycles. The predicted octanol–water partition coefficient (Wildman–Crippen LogP) is 3.22. The van der Waals surface area contributed by atoms with E-state index in [1.807, 2.05) is 6.07 Å². The van der Waals surface area contributed by atoms with Crippen LogP contribution < -0.4 is 4.90 Å². The van der Waals surface area contributed by atoms with Crippen LogP contribution in [-0.4, -0.2) is 42.6 Å². The number of hydrogen-bond donors (Lipinski definition) is 0. The second kappa shape index (κ2) is 7.17. The number of halogens is 1. The number of carbonyl (C=O) groups is 1. The first-order valence-corrected chi connectivity index (χ1v) is 9.10. The van der Waals surface area contributed by atoms with Gasteiger partial charge in [0.2, 0.25) is 0 Å². The van der Waals surface area contributed by atoms with Crippen LogP contribution in [0, 0.1) is 5.82 Å². The number of benzene rings is 2. The minimum absolute atomic E-state index is 0.0513. The fourth-order valence-electron chi connectivity index (χ4n) is 4.01. The highest BCUT2D eigenvalue weighted by Crippen LogP contribution is 2.32. The molecule has 2 aromatic rings. The number of hydrogen-bond acceptors (Lipinski definition) is 3. The summed E-state index contributed by atoms with van der Waals surface area (Å²) >= 11 is 0. The topological polar surface area (TPSA) is 32.8 Å². The quantitative estimate of drug-likeness (QED) is 0.848. The van der Waals surface area contributed by atoms with Gasteiger partial charge in [-0.2, -0.15) is 0 Å². The van der Waals surface area contributed by atoms with Crippen molar-refractivity contribution in [3.8, 4) is 0 Å². The molecule has 0 N–H and O–H groups in total. The van der Waals surface area contributed by atoms with Crippen molar-refractivity contribution in [1.29, 1.82) is 0 Å². The molecule has 2 saturated heterocycles. The van der Waals surface area contributed by atoms with E-state index >= 15 is 0 Å². The molecule has 26 heavy (non-hydrogen) atoms. The fourth-order valence-corrected chi connectivity index (χ4v) is 4.01. The van der Waals surface area contributed by atoms with Crippen LogP contribution in [-0.2, 0) is 16.1 Å². The van der Waals surface area contributed by atoms with Gasteiger partial charge in [-0.25, -0.2) is 4.39 Å². The molecule has 5 heteroatoms. The Bertz CT molecular complexity index is 783. The van der Waals surface area contributed by atoms with Crippen molar-refractivity contribution in [1.82, 2.24) is 4.90 Å². The van der Waals surface area contributed by atoms with Crippen LogP contribution in [0.15, 0.2) is 54.6 Å². The Hall–Kier alpha value is -2.24. The molecule has 2 aromatic carbocycles.